The summed E-state index contributed by atoms with van der Waals surface area (Å²) in [5.74, 6) is 0. The van der Waals surface area contributed by atoms with Gasteiger partial charge in [0.2, 0.25) is 0 Å². The molecule has 152 valence electrons. The molecule has 0 fully saturated rings. The molecule has 29 heavy (non-hydrogen) atoms. The quantitative estimate of drug-likeness (QED) is 0.385. The Kier molecular flexibility index (Phi) is 6.03. The number of benzene rings is 3. The van der Waals surface area contributed by atoms with Gasteiger partial charge in [-0.25, -0.2) is 0 Å². The standard InChI is InChI=1S/C24H21Cl2F3/c1-13-5-6-21(24(27,28)29)19(10-13)20-11-15(3)9-18(23(20)26)12-17-8-14(2)7-16(4)22(17)25/h5-11H,12H2,1-4H3. The van der Waals surface area contributed by atoms with Gasteiger partial charge in [0.25, 0.3) is 0 Å². The second-order valence-corrected chi connectivity index (χ2v) is 8.32. The van der Waals surface area contributed by atoms with Crippen LogP contribution in [-0.4, -0.2) is 0 Å². The third-order valence-electron chi connectivity index (χ3n) is 4.92. The summed E-state index contributed by atoms with van der Waals surface area (Å²) in [6, 6.07) is 11.7. The van der Waals surface area contributed by atoms with Crippen molar-refractivity contribution in [2.45, 2.75) is 40.3 Å². The maximum atomic E-state index is 13.6. The van der Waals surface area contributed by atoms with Gasteiger partial charge in [0.15, 0.2) is 0 Å². The van der Waals surface area contributed by atoms with Crippen molar-refractivity contribution < 1.29 is 13.2 Å². The van der Waals surface area contributed by atoms with Crippen molar-refractivity contribution in [1.82, 2.24) is 0 Å². The van der Waals surface area contributed by atoms with Crippen LogP contribution in [0.2, 0.25) is 10.0 Å². The lowest BCUT2D eigenvalue weighted by molar-refractivity contribution is -0.137. The Morgan fingerprint density at radius 1 is 0.690 bits per heavy atom. The highest BCUT2D eigenvalue weighted by Crippen LogP contribution is 2.42. The summed E-state index contributed by atoms with van der Waals surface area (Å²) in [5.41, 5.74) is 5.07. The van der Waals surface area contributed by atoms with Gasteiger partial charge >= 0.3 is 6.18 Å². The molecule has 0 N–H and O–H groups in total. The normalized spacial score (nSPS) is 11.8. The third-order valence-corrected chi connectivity index (χ3v) is 5.91. The second-order valence-electron chi connectivity index (χ2n) is 7.56. The van der Waals surface area contributed by atoms with Gasteiger partial charge in [-0.1, -0.05) is 70.2 Å². The Bertz CT molecular complexity index is 1080. The van der Waals surface area contributed by atoms with E-state index in [9.17, 15) is 13.2 Å². The van der Waals surface area contributed by atoms with E-state index in [4.69, 9.17) is 23.2 Å². The zero-order valence-corrected chi connectivity index (χ0v) is 18.2. The van der Waals surface area contributed by atoms with Crippen molar-refractivity contribution in [3.8, 4) is 11.1 Å². The summed E-state index contributed by atoms with van der Waals surface area (Å²) < 4.78 is 40.9. The molecular formula is C24H21Cl2F3. The molecule has 3 aromatic rings. The van der Waals surface area contributed by atoms with E-state index in [2.05, 4.69) is 0 Å². The van der Waals surface area contributed by atoms with E-state index in [1.165, 1.54) is 12.1 Å². The first-order valence-electron chi connectivity index (χ1n) is 9.20. The Labute approximate surface area is 179 Å². The molecule has 0 aliphatic carbocycles. The average molecular weight is 437 g/mol. The van der Waals surface area contributed by atoms with Gasteiger partial charge < -0.3 is 0 Å². The minimum absolute atomic E-state index is 0.0963. The number of aryl methyl sites for hydroxylation is 4. The van der Waals surface area contributed by atoms with E-state index >= 15 is 0 Å². The van der Waals surface area contributed by atoms with Gasteiger partial charge in [0.05, 0.1) is 10.6 Å². The minimum atomic E-state index is -4.47. The lowest BCUT2D eigenvalue weighted by atomic mass is 9.92. The molecule has 0 unspecified atom stereocenters. The molecule has 0 nitrogen and oxygen atoms in total. The summed E-state index contributed by atoms with van der Waals surface area (Å²) in [6.07, 6.45) is -4.02. The van der Waals surface area contributed by atoms with Gasteiger partial charge in [-0.3, -0.25) is 0 Å². The zero-order valence-electron chi connectivity index (χ0n) is 16.6. The first kappa shape index (κ1) is 21.7. The van der Waals surface area contributed by atoms with Crippen LogP contribution in [-0.2, 0) is 12.6 Å². The van der Waals surface area contributed by atoms with Gasteiger partial charge in [0.1, 0.15) is 0 Å². The molecule has 0 aliphatic rings. The summed E-state index contributed by atoms with van der Waals surface area (Å²) >= 11 is 13.1. The maximum absolute atomic E-state index is 13.6. The highest BCUT2D eigenvalue weighted by Gasteiger charge is 2.34. The molecule has 3 rings (SSSR count). The molecule has 0 saturated carbocycles. The zero-order chi connectivity index (χ0) is 21.5. The highest BCUT2D eigenvalue weighted by atomic mass is 35.5. The minimum Gasteiger partial charge on any atom is -0.166 e. The first-order chi connectivity index (χ1) is 13.5. The highest BCUT2D eigenvalue weighted by molar-refractivity contribution is 6.34. The van der Waals surface area contributed by atoms with Crippen LogP contribution in [0.5, 0.6) is 0 Å². The lowest BCUT2D eigenvalue weighted by Crippen LogP contribution is -2.08. The third kappa shape index (κ3) is 4.62. The van der Waals surface area contributed by atoms with Crippen LogP contribution in [0.1, 0.15) is 38.9 Å². The van der Waals surface area contributed by atoms with Crippen LogP contribution in [0.4, 0.5) is 13.2 Å². The van der Waals surface area contributed by atoms with Gasteiger partial charge in [-0.15, -0.1) is 0 Å². The van der Waals surface area contributed by atoms with E-state index < -0.39 is 11.7 Å². The Morgan fingerprint density at radius 2 is 1.24 bits per heavy atom. The van der Waals surface area contributed by atoms with Crippen LogP contribution < -0.4 is 0 Å². The number of alkyl halides is 3. The van der Waals surface area contributed by atoms with Crippen molar-refractivity contribution in [1.29, 1.82) is 0 Å². The molecule has 0 heterocycles. The van der Waals surface area contributed by atoms with Crippen molar-refractivity contribution in [3.63, 3.8) is 0 Å². The Hall–Kier alpha value is -1.97. The second kappa shape index (κ2) is 8.04. The van der Waals surface area contributed by atoms with E-state index in [0.717, 1.165) is 39.4 Å². The molecule has 0 atom stereocenters. The van der Waals surface area contributed by atoms with Crippen molar-refractivity contribution in [2.24, 2.45) is 0 Å². The molecule has 0 radical (unpaired) electrons. The van der Waals surface area contributed by atoms with Crippen LogP contribution in [0.25, 0.3) is 11.1 Å². The number of rotatable bonds is 3. The summed E-state index contributed by atoms with van der Waals surface area (Å²) in [5, 5.41) is 0.975. The van der Waals surface area contributed by atoms with Crippen molar-refractivity contribution >= 4 is 23.2 Å². The van der Waals surface area contributed by atoms with Gasteiger partial charge in [-0.2, -0.15) is 13.2 Å². The molecule has 0 amide bonds. The molecule has 0 aromatic heterocycles. The van der Waals surface area contributed by atoms with Gasteiger partial charge in [-0.05, 0) is 62.1 Å². The predicted octanol–water partition coefficient (Wildman–Crippen LogP) is 8.50. The molecule has 5 heteroatoms. The lowest BCUT2D eigenvalue weighted by Gasteiger charge is -2.18. The van der Waals surface area contributed by atoms with E-state index in [1.54, 1.807) is 13.0 Å². The Balaban J connectivity index is 2.19. The van der Waals surface area contributed by atoms with Gasteiger partial charge in [0, 0.05) is 17.0 Å². The summed E-state index contributed by atoms with van der Waals surface area (Å²) in [7, 11) is 0. The molecule has 0 aliphatic heterocycles. The van der Waals surface area contributed by atoms with E-state index in [0.29, 0.717) is 22.0 Å². The average Bonchev–Trinajstić information content (AvgIpc) is 2.60. The summed E-state index contributed by atoms with van der Waals surface area (Å²) in [6.45, 7) is 7.54. The van der Waals surface area contributed by atoms with Crippen LogP contribution >= 0.6 is 23.2 Å². The number of halogens is 5. The fourth-order valence-electron chi connectivity index (χ4n) is 3.67. The first-order valence-corrected chi connectivity index (χ1v) is 9.96. The maximum Gasteiger partial charge on any atom is 0.417 e. The smallest absolute Gasteiger partial charge is 0.166 e. The molecular weight excluding hydrogens is 416 g/mol. The van der Waals surface area contributed by atoms with E-state index in [1.807, 2.05) is 39.0 Å². The molecule has 0 saturated heterocycles. The number of hydrogen-bond acceptors (Lipinski definition) is 0. The fraction of sp³-hybridized carbons (Fsp3) is 0.250. The van der Waals surface area contributed by atoms with E-state index in [-0.39, 0.29) is 5.56 Å². The topological polar surface area (TPSA) is 0 Å². The van der Waals surface area contributed by atoms with Crippen molar-refractivity contribution in [2.75, 3.05) is 0 Å². The fourth-order valence-corrected chi connectivity index (χ4v) is 4.12. The van der Waals surface area contributed by atoms with Crippen LogP contribution in [0.3, 0.4) is 0 Å². The SMILES string of the molecule is Cc1cc(C)c(Cl)c(Cc2cc(C)cc(-c3cc(C)ccc3C(F)(F)F)c2Cl)c1. The molecule has 0 spiro atoms. The van der Waals surface area contributed by atoms with Crippen LogP contribution in [0, 0.1) is 27.7 Å². The Morgan fingerprint density at radius 3 is 1.86 bits per heavy atom. The number of hydrogen-bond donors (Lipinski definition) is 0. The summed E-state index contributed by atoms with van der Waals surface area (Å²) in [4.78, 5) is 0. The van der Waals surface area contributed by atoms with Crippen LogP contribution in [0.15, 0.2) is 42.5 Å². The largest absolute Gasteiger partial charge is 0.417 e. The molecule has 3 aromatic carbocycles. The predicted molar refractivity (Wildman–Crippen MR) is 115 cm³/mol. The van der Waals surface area contributed by atoms with Crippen molar-refractivity contribution in [3.05, 3.63) is 91.5 Å². The monoisotopic (exact) mass is 436 g/mol. The molecule has 0 bridgehead atoms.